The second-order valence-corrected chi connectivity index (χ2v) is 25.3. The summed E-state index contributed by atoms with van der Waals surface area (Å²) in [5, 5.41) is 14.0. The molecule has 0 aromatic heterocycles. The van der Waals surface area contributed by atoms with Gasteiger partial charge >= 0.3 is 7.82 Å². The minimum Gasteiger partial charge on any atom is -0.387 e. The van der Waals surface area contributed by atoms with Crippen molar-refractivity contribution in [3.05, 3.63) is 97.2 Å². The molecule has 0 aliphatic rings. The van der Waals surface area contributed by atoms with E-state index in [2.05, 4.69) is 104 Å². The van der Waals surface area contributed by atoms with Gasteiger partial charge in [-0.3, -0.25) is 13.8 Å². The van der Waals surface area contributed by atoms with Gasteiger partial charge < -0.3 is 19.8 Å². The van der Waals surface area contributed by atoms with E-state index in [0.717, 1.165) is 83.5 Å². The van der Waals surface area contributed by atoms with E-state index in [-0.39, 0.29) is 19.1 Å². The zero-order valence-electron chi connectivity index (χ0n) is 53.0. The van der Waals surface area contributed by atoms with Gasteiger partial charge in [-0.05, 0) is 77.0 Å². The Kier molecular flexibility index (Phi) is 59.0. The van der Waals surface area contributed by atoms with Crippen LogP contribution in [0, 0.1) is 0 Å². The number of rotatable bonds is 61. The number of carbonyl (C=O) groups excluding carboxylic acids is 1. The van der Waals surface area contributed by atoms with E-state index < -0.39 is 20.0 Å². The Morgan fingerprint density at radius 2 is 0.750 bits per heavy atom. The first-order valence-corrected chi connectivity index (χ1v) is 35.1. The van der Waals surface area contributed by atoms with Crippen LogP contribution in [0.4, 0.5) is 0 Å². The van der Waals surface area contributed by atoms with Gasteiger partial charge in [0, 0.05) is 6.42 Å². The Bertz CT molecular complexity index is 1620. The molecule has 0 aromatic rings. The molecule has 0 heterocycles. The molecule has 0 bridgehead atoms. The molecule has 0 fully saturated rings. The largest absolute Gasteiger partial charge is 0.472 e. The van der Waals surface area contributed by atoms with E-state index in [1.807, 2.05) is 27.2 Å². The van der Waals surface area contributed by atoms with Crippen molar-refractivity contribution in [1.29, 1.82) is 0 Å². The van der Waals surface area contributed by atoms with Gasteiger partial charge in [0.15, 0.2) is 0 Å². The lowest BCUT2D eigenvalue weighted by Crippen LogP contribution is -2.45. The number of nitrogens with one attached hydrogen (secondary N) is 1. The maximum absolute atomic E-state index is 13.0. The highest BCUT2D eigenvalue weighted by atomic mass is 31.2. The fourth-order valence-electron chi connectivity index (χ4n) is 9.61. The quantitative estimate of drug-likeness (QED) is 0.0243. The summed E-state index contributed by atoms with van der Waals surface area (Å²) in [6.45, 7) is 4.72. The molecule has 3 unspecified atom stereocenters. The normalized spacial score (nSPS) is 14.3. The van der Waals surface area contributed by atoms with Crippen molar-refractivity contribution in [3.8, 4) is 0 Å². The molecule has 0 aliphatic heterocycles. The maximum Gasteiger partial charge on any atom is 0.472 e. The Balaban J connectivity index is 3.97. The molecule has 0 saturated carbocycles. The number of aliphatic hydroxyl groups is 1. The van der Waals surface area contributed by atoms with E-state index in [1.54, 1.807) is 6.08 Å². The topological polar surface area (TPSA) is 105 Å². The third-order valence-corrected chi connectivity index (χ3v) is 15.8. The van der Waals surface area contributed by atoms with Gasteiger partial charge in [0.25, 0.3) is 0 Å². The third kappa shape index (κ3) is 63.0. The van der Waals surface area contributed by atoms with Crippen LogP contribution in [0.25, 0.3) is 0 Å². The highest BCUT2D eigenvalue weighted by Gasteiger charge is 2.28. The van der Waals surface area contributed by atoms with Crippen molar-refractivity contribution in [2.24, 2.45) is 0 Å². The number of likely N-dealkylation sites (N-methyl/N-ethyl adjacent to an activating group) is 1. The molecule has 0 aromatic carbocycles. The van der Waals surface area contributed by atoms with E-state index in [9.17, 15) is 19.4 Å². The van der Waals surface area contributed by atoms with Crippen molar-refractivity contribution in [1.82, 2.24) is 5.32 Å². The fourth-order valence-corrected chi connectivity index (χ4v) is 10.3. The predicted octanol–water partition coefficient (Wildman–Crippen LogP) is 21.3. The number of allylic oxidation sites excluding steroid dienone is 15. The average Bonchev–Trinajstić information content (AvgIpc) is 3.42. The lowest BCUT2D eigenvalue weighted by molar-refractivity contribution is -0.870. The molecule has 8 nitrogen and oxygen atoms in total. The zero-order valence-corrected chi connectivity index (χ0v) is 53.9. The monoisotopic (exact) mass is 1140 g/mol. The van der Waals surface area contributed by atoms with Crippen LogP contribution in [0.2, 0.25) is 0 Å². The predicted molar refractivity (Wildman–Crippen MR) is 350 cm³/mol. The molecule has 0 radical (unpaired) electrons. The van der Waals surface area contributed by atoms with Gasteiger partial charge in [0.1, 0.15) is 13.2 Å². The van der Waals surface area contributed by atoms with Gasteiger partial charge in [0.2, 0.25) is 5.91 Å². The number of phosphoric ester groups is 1. The Labute approximate surface area is 496 Å². The van der Waals surface area contributed by atoms with Crippen molar-refractivity contribution >= 4 is 13.7 Å². The van der Waals surface area contributed by atoms with Crippen LogP contribution in [0.1, 0.15) is 296 Å². The molecule has 9 heteroatoms. The highest BCUT2D eigenvalue weighted by molar-refractivity contribution is 7.47. The van der Waals surface area contributed by atoms with Crippen molar-refractivity contribution < 1.29 is 32.9 Å². The minimum atomic E-state index is -4.35. The molecule has 1 amide bonds. The molecule has 80 heavy (non-hydrogen) atoms. The summed E-state index contributed by atoms with van der Waals surface area (Å²) in [6, 6.07) is -0.849. The van der Waals surface area contributed by atoms with Crippen molar-refractivity contribution in [2.45, 2.75) is 309 Å². The molecule has 0 spiro atoms. The Morgan fingerprint density at radius 3 is 1.10 bits per heavy atom. The lowest BCUT2D eigenvalue weighted by Gasteiger charge is -2.25. The summed E-state index contributed by atoms with van der Waals surface area (Å²) in [5.41, 5.74) is 0. The van der Waals surface area contributed by atoms with Crippen molar-refractivity contribution in [3.63, 3.8) is 0 Å². The smallest absolute Gasteiger partial charge is 0.387 e. The number of aliphatic hydroxyl groups excluding tert-OH is 1. The van der Waals surface area contributed by atoms with Crippen LogP contribution in [-0.4, -0.2) is 73.4 Å². The second kappa shape index (κ2) is 61.0. The molecule has 0 rings (SSSR count). The Morgan fingerprint density at radius 1 is 0.438 bits per heavy atom. The fraction of sp³-hybridized carbons (Fsp3) is 0.761. The first-order chi connectivity index (χ1) is 39.0. The molecule has 0 aliphatic carbocycles. The molecule has 3 N–H and O–H groups in total. The first kappa shape index (κ1) is 77.4. The molecular formula is C71H130N2O6P+. The molecular weight excluding hydrogens is 1010 g/mol. The SMILES string of the molecule is CC/C=C\C/C=C\C/C=C\C/C=C\C/C=C\C/C=C\C/C=C\CCCCCCCCCCCCCCCCCCCCCC(=O)NC(COP(=O)(O)OCC[N+](C)(C)C)C(O)/C=C/CCCCCCCCCCCCCCCCC. The van der Waals surface area contributed by atoms with Gasteiger partial charge in [-0.15, -0.1) is 0 Å². The number of carbonyl (C=O) groups is 1. The summed E-state index contributed by atoms with van der Waals surface area (Å²) in [6.07, 6.45) is 88.3. The van der Waals surface area contributed by atoms with Gasteiger partial charge in [-0.1, -0.05) is 310 Å². The van der Waals surface area contributed by atoms with Crippen LogP contribution in [0.3, 0.4) is 0 Å². The number of quaternary nitrogens is 1. The number of unbranched alkanes of at least 4 members (excludes halogenated alkanes) is 34. The Hall–Kier alpha value is -2.58. The summed E-state index contributed by atoms with van der Waals surface area (Å²) in [4.78, 5) is 23.4. The standard InChI is InChI=1S/C71H129N2O6P/c1-6-8-10-12-14-16-18-20-22-24-25-26-27-28-29-30-31-32-33-34-35-36-37-38-39-40-41-42-43-44-45-46-47-49-51-53-55-57-59-61-63-65-71(75)72-69(68-79-80(76,77)78-67-66-73(3,4)5)70(74)64-62-60-58-56-54-52-50-48-23-21-19-17-15-13-11-9-7-2/h8,10,14,16,20,22,25-26,28-29,31-32,34-35,62,64,69-70,74H,6-7,9,11-13,15,17-19,21,23-24,27,30,33,36-61,63,65-68H2,1-5H3,(H-,72,75,76,77)/p+1/b10-8-,16-14-,22-20-,26-25-,29-28-,32-31-,35-34-,64-62+. The maximum atomic E-state index is 13.0. The molecule has 464 valence electrons. The number of hydrogen-bond donors (Lipinski definition) is 3. The number of nitrogens with zero attached hydrogens (tertiary/aromatic N) is 1. The summed E-state index contributed by atoms with van der Waals surface area (Å²) in [7, 11) is 1.58. The van der Waals surface area contributed by atoms with E-state index in [0.29, 0.717) is 17.4 Å². The average molecular weight is 1140 g/mol. The number of amides is 1. The van der Waals surface area contributed by atoms with Crippen LogP contribution < -0.4 is 5.32 Å². The summed E-state index contributed by atoms with van der Waals surface area (Å²) in [5.74, 6) is -0.175. The van der Waals surface area contributed by atoms with E-state index in [1.165, 1.54) is 193 Å². The van der Waals surface area contributed by atoms with Crippen LogP contribution >= 0.6 is 7.82 Å². The van der Waals surface area contributed by atoms with Crippen LogP contribution in [0.15, 0.2) is 97.2 Å². The highest BCUT2D eigenvalue weighted by Crippen LogP contribution is 2.43. The third-order valence-electron chi connectivity index (χ3n) is 14.8. The van der Waals surface area contributed by atoms with Crippen molar-refractivity contribution in [2.75, 3.05) is 40.9 Å². The van der Waals surface area contributed by atoms with E-state index in [4.69, 9.17) is 9.05 Å². The first-order valence-electron chi connectivity index (χ1n) is 33.6. The molecule has 0 saturated heterocycles. The number of phosphoric acid groups is 1. The number of hydrogen-bond acceptors (Lipinski definition) is 5. The second-order valence-electron chi connectivity index (χ2n) is 23.8. The van der Waals surface area contributed by atoms with Crippen LogP contribution in [0.5, 0.6) is 0 Å². The van der Waals surface area contributed by atoms with Gasteiger partial charge in [0.05, 0.1) is 39.9 Å². The van der Waals surface area contributed by atoms with E-state index >= 15 is 0 Å². The summed E-state index contributed by atoms with van der Waals surface area (Å²) >= 11 is 0. The minimum absolute atomic E-state index is 0.0605. The van der Waals surface area contributed by atoms with Gasteiger partial charge in [-0.25, -0.2) is 4.57 Å². The van der Waals surface area contributed by atoms with Gasteiger partial charge in [-0.2, -0.15) is 0 Å². The zero-order chi connectivity index (χ0) is 58.4. The molecule has 3 atom stereocenters. The van der Waals surface area contributed by atoms with Crippen LogP contribution in [-0.2, 0) is 18.4 Å². The lowest BCUT2D eigenvalue weighted by atomic mass is 10.0. The summed E-state index contributed by atoms with van der Waals surface area (Å²) < 4.78 is 23.8.